The van der Waals surface area contributed by atoms with Gasteiger partial charge in [0.1, 0.15) is 0 Å². The summed E-state index contributed by atoms with van der Waals surface area (Å²) in [5, 5.41) is 0.651. The third kappa shape index (κ3) is 4.08. The van der Waals surface area contributed by atoms with E-state index in [2.05, 4.69) is 4.90 Å². The monoisotopic (exact) mass is 383 g/mol. The van der Waals surface area contributed by atoms with Crippen LogP contribution >= 0.6 is 11.6 Å². The zero-order valence-corrected chi connectivity index (χ0v) is 16.1. The summed E-state index contributed by atoms with van der Waals surface area (Å²) in [5.41, 5.74) is 0.454. The van der Waals surface area contributed by atoms with Gasteiger partial charge in [0.2, 0.25) is 6.79 Å². The fraction of sp³-hybridized carbons (Fsp3) is 0.632. The van der Waals surface area contributed by atoms with Gasteiger partial charge in [0.25, 0.3) is 0 Å². The second-order valence-electron chi connectivity index (χ2n) is 6.85. The minimum Gasteiger partial charge on any atom is -0.466 e. The SMILES string of the molecule is CCOC(=O)[C@]1(CCOC)CCCN(Cc2cc3c(cc2Cl)OCO3)C1. The Balaban J connectivity index is 1.75. The van der Waals surface area contributed by atoms with E-state index in [0.717, 1.165) is 30.7 Å². The van der Waals surface area contributed by atoms with Gasteiger partial charge < -0.3 is 18.9 Å². The summed E-state index contributed by atoms with van der Waals surface area (Å²) in [6.07, 6.45) is 2.42. The number of likely N-dealkylation sites (tertiary alicyclic amines) is 1. The van der Waals surface area contributed by atoms with Crippen LogP contribution in [0.2, 0.25) is 5.02 Å². The molecule has 1 aromatic carbocycles. The van der Waals surface area contributed by atoms with Gasteiger partial charge in [-0.15, -0.1) is 0 Å². The van der Waals surface area contributed by atoms with Crippen LogP contribution in [0.1, 0.15) is 31.7 Å². The normalized spacial score (nSPS) is 22.4. The van der Waals surface area contributed by atoms with E-state index in [1.807, 2.05) is 13.0 Å². The first-order valence-electron chi connectivity index (χ1n) is 9.04. The Morgan fingerprint density at radius 3 is 2.85 bits per heavy atom. The molecule has 6 nitrogen and oxygen atoms in total. The van der Waals surface area contributed by atoms with Crippen molar-refractivity contribution in [2.75, 3.05) is 40.2 Å². The highest BCUT2D eigenvalue weighted by atomic mass is 35.5. The molecule has 0 aliphatic carbocycles. The molecule has 0 unspecified atom stereocenters. The topological polar surface area (TPSA) is 57.2 Å². The number of carbonyl (C=O) groups excluding carboxylic acids is 1. The molecule has 7 heteroatoms. The van der Waals surface area contributed by atoms with Gasteiger partial charge >= 0.3 is 5.97 Å². The number of ether oxygens (including phenoxy) is 4. The number of esters is 1. The lowest BCUT2D eigenvalue weighted by molar-refractivity contribution is -0.160. The van der Waals surface area contributed by atoms with Crippen molar-refractivity contribution >= 4 is 17.6 Å². The molecule has 144 valence electrons. The van der Waals surface area contributed by atoms with Crippen LogP contribution < -0.4 is 9.47 Å². The zero-order valence-electron chi connectivity index (χ0n) is 15.4. The maximum atomic E-state index is 12.7. The van der Waals surface area contributed by atoms with Crippen LogP contribution in [0, 0.1) is 5.41 Å². The molecule has 1 aromatic rings. The molecule has 0 amide bonds. The van der Waals surface area contributed by atoms with Crippen molar-refractivity contribution in [2.45, 2.75) is 32.7 Å². The fourth-order valence-electron chi connectivity index (χ4n) is 3.74. The summed E-state index contributed by atoms with van der Waals surface area (Å²) in [7, 11) is 1.66. The summed E-state index contributed by atoms with van der Waals surface area (Å²) < 4.78 is 21.4. The van der Waals surface area contributed by atoms with E-state index < -0.39 is 5.41 Å². The van der Waals surface area contributed by atoms with Gasteiger partial charge in [-0.25, -0.2) is 0 Å². The number of nitrogens with zero attached hydrogens (tertiary/aromatic N) is 1. The number of fused-ring (bicyclic) bond motifs is 1. The lowest BCUT2D eigenvalue weighted by atomic mass is 9.77. The molecule has 1 fully saturated rings. The first-order chi connectivity index (χ1) is 12.6. The van der Waals surface area contributed by atoms with Gasteiger partial charge in [-0.05, 0) is 44.4 Å². The van der Waals surface area contributed by atoms with Crippen molar-refractivity contribution in [2.24, 2.45) is 5.41 Å². The number of methoxy groups -OCH3 is 1. The molecule has 2 heterocycles. The summed E-state index contributed by atoms with van der Waals surface area (Å²) in [6, 6.07) is 3.73. The van der Waals surface area contributed by atoms with Crippen molar-refractivity contribution in [1.82, 2.24) is 4.90 Å². The number of piperidine rings is 1. The largest absolute Gasteiger partial charge is 0.466 e. The third-order valence-corrected chi connectivity index (χ3v) is 5.44. The molecular weight excluding hydrogens is 358 g/mol. The van der Waals surface area contributed by atoms with Crippen LogP contribution in [0.4, 0.5) is 0 Å². The predicted molar refractivity (Wildman–Crippen MR) is 97.6 cm³/mol. The average Bonchev–Trinajstić information content (AvgIpc) is 3.08. The highest BCUT2D eigenvalue weighted by Gasteiger charge is 2.43. The first kappa shape index (κ1) is 19.3. The van der Waals surface area contributed by atoms with E-state index >= 15 is 0 Å². The number of benzene rings is 1. The van der Waals surface area contributed by atoms with E-state index in [9.17, 15) is 4.79 Å². The molecule has 0 N–H and O–H groups in total. The minimum atomic E-state index is -0.521. The Hall–Kier alpha value is -1.50. The Bertz CT molecular complexity index is 653. The van der Waals surface area contributed by atoms with E-state index in [4.69, 9.17) is 30.5 Å². The van der Waals surface area contributed by atoms with Crippen LogP contribution in [0.25, 0.3) is 0 Å². The average molecular weight is 384 g/mol. The van der Waals surface area contributed by atoms with E-state index in [0.29, 0.717) is 43.5 Å². The maximum Gasteiger partial charge on any atom is 0.313 e. The van der Waals surface area contributed by atoms with E-state index in [1.54, 1.807) is 13.2 Å². The molecule has 0 spiro atoms. The van der Waals surface area contributed by atoms with Gasteiger partial charge in [0, 0.05) is 37.9 Å². The van der Waals surface area contributed by atoms with Crippen molar-refractivity contribution in [3.05, 3.63) is 22.7 Å². The molecule has 26 heavy (non-hydrogen) atoms. The summed E-state index contributed by atoms with van der Waals surface area (Å²) in [4.78, 5) is 14.9. The molecule has 2 aliphatic rings. The standard InChI is InChI=1S/C19H26ClNO5/c1-3-24-18(22)19(6-8-23-2)5-4-7-21(12-19)11-14-9-16-17(10-15(14)20)26-13-25-16/h9-10H,3-8,11-13H2,1-2H3/t19-/m0/s1. The van der Waals surface area contributed by atoms with Gasteiger partial charge in [-0.2, -0.15) is 0 Å². The number of carbonyl (C=O) groups is 1. The Morgan fingerprint density at radius 1 is 1.35 bits per heavy atom. The smallest absolute Gasteiger partial charge is 0.313 e. The zero-order chi connectivity index (χ0) is 18.6. The third-order valence-electron chi connectivity index (χ3n) is 5.08. The molecule has 2 aliphatic heterocycles. The highest BCUT2D eigenvalue weighted by molar-refractivity contribution is 6.31. The van der Waals surface area contributed by atoms with Crippen molar-refractivity contribution in [3.63, 3.8) is 0 Å². The molecule has 1 atom stereocenters. The predicted octanol–water partition coefficient (Wildman–Crippen LogP) is 3.25. The molecule has 0 saturated carbocycles. The van der Waals surface area contributed by atoms with Crippen molar-refractivity contribution < 1.29 is 23.7 Å². The second kappa shape index (κ2) is 8.46. The number of halogens is 1. The number of rotatable bonds is 7. The van der Waals surface area contributed by atoms with E-state index in [1.165, 1.54) is 0 Å². The molecule has 0 bridgehead atoms. The second-order valence-corrected chi connectivity index (χ2v) is 7.26. The Kier molecular flexibility index (Phi) is 6.27. The molecule has 1 saturated heterocycles. The van der Waals surface area contributed by atoms with Gasteiger partial charge in [-0.3, -0.25) is 9.69 Å². The molecule has 0 radical (unpaired) electrons. The number of hydrogen-bond acceptors (Lipinski definition) is 6. The lowest BCUT2D eigenvalue weighted by Crippen LogP contribution is -2.48. The van der Waals surface area contributed by atoms with Gasteiger partial charge in [0.15, 0.2) is 11.5 Å². The summed E-state index contributed by atoms with van der Waals surface area (Å²) in [6.45, 7) is 5.21. The fourth-order valence-corrected chi connectivity index (χ4v) is 3.95. The maximum absolute atomic E-state index is 12.7. The quantitative estimate of drug-likeness (QED) is 0.674. The van der Waals surface area contributed by atoms with E-state index in [-0.39, 0.29) is 12.8 Å². The molecule has 3 rings (SSSR count). The summed E-state index contributed by atoms with van der Waals surface area (Å²) in [5.74, 6) is 1.27. The molecule has 0 aromatic heterocycles. The van der Waals surface area contributed by atoms with Crippen LogP contribution in [0.3, 0.4) is 0 Å². The van der Waals surface area contributed by atoms with Crippen molar-refractivity contribution in [1.29, 1.82) is 0 Å². The Morgan fingerprint density at radius 2 is 2.12 bits per heavy atom. The van der Waals surface area contributed by atoms with Gasteiger partial charge in [0.05, 0.1) is 12.0 Å². The van der Waals surface area contributed by atoms with Crippen LogP contribution in [0.5, 0.6) is 11.5 Å². The van der Waals surface area contributed by atoms with Crippen LogP contribution in [-0.2, 0) is 20.8 Å². The lowest BCUT2D eigenvalue weighted by Gasteiger charge is -2.41. The van der Waals surface area contributed by atoms with Crippen molar-refractivity contribution in [3.8, 4) is 11.5 Å². The first-order valence-corrected chi connectivity index (χ1v) is 9.42. The minimum absolute atomic E-state index is 0.126. The summed E-state index contributed by atoms with van der Waals surface area (Å²) >= 11 is 6.42. The number of hydrogen-bond donors (Lipinski definition) is 0. The van der Waals surface area contributed by atoms with Crippen LogP contribution in [0.15, 0.2) is 12.1 Å². The van der Waals surface area contributed by atoms with Gasteiger partial charge in [-0.1, -0.05) is 11.6 Å². The highest BCUT2D eigenvalue weighted by Crippen LogP contribution is 2.39. The molecular formula is C19H26ClNO5. The Labute approximate surface area is 159 Å². The van der Waals surface area contributed by atoms with Crippen LogP contribution in [-0.4, -0.2) is 51.1 Å².